The smallest absolute Gasteiger partial charge is 0.314 e. The highest BCUT2D eigenvalue weighted by molar-refractivity contribution is 5.95. The van der Waals surface area contributed by atoms with Crippen LogP contribution in [0.1, 0.15) is 0 Å². The third kappa shape index (κ3) is 5.29. The second kappa shape index (κ2) is 10.3. The number of alkyl halides is 1. The number of amides is 1. The van der Waals surface area contributed by atoms with Crippen LogP contribution in [0.4, 0.5) is 30.6 Å². The number of nitrogen functional groups attached to an aromatic ring is 1. The fourth-order valence-electron chi connectivity index (χ4n) is 3.68. The van der Waals surface area contributed by atoms with E-state index in [1.807, 2.05) is 10.8 Å². The van der Waals surface area contributed by atoms with Gasteiger partial charge in [-0.1, -0.05) is 5.92 Å². The first-order valence-corrected chi connectivity index (χ1v) is 10.5. The molecule has 4 rings (SSSR count). The zero-order valence-corrected chi connectivity index (χ0v) is 18.1. The minimum absolute atomic E-state index is 0.0178. The van der Waals surface area contributed by atoms with Crippen LogP contribution in [0.2, 0.25) is 0 Å². The molecule has 0 saturated carbocycles. The number of hydrogen-bond donors (Lipinski definition) is 3. The molecule has 0 aliphatic carbocycles. The van der Waals surface area contributed by atoms with Crippen LogP contribution in [-0.4, -0.2) is 70.0 Å². The third-order valence-electron chi connectivity index (χ3n) is 5.33. The third-order valence-corrected chi connectivity index (χ3v) is 5.33. The lowest BCUT2D eigenvalue weighted by molar-refractivity contribution is -0.115. The van der Waals surface area contributed by atoms with Gasteiger partial charge >= 0.3 is 5.91 Å². The molecule has 34 heavy (non-hydrogen) atoms. The van der Waals surface area contributed by atoms with Crippen molar-refractivity contribution in [2.75, 3.05) is 55.5 Å². The van der Waals surface area contributed by atoms with Gasteiger partial charge in [0, 0.05) is 38.8 Å². The van der Waals surface area contributed by atoms with E-state index in [2.05, 4.69) is 36.7 Å². The number of piperazine rings is 1. The first-order valence-electron chi connectivity index (χ1n) is 10.5. The van der Waals surface area contributed by atoms with E-state index in [1.165, 1.54) is 12.1 Å². The van der Waals surface area contributed by atoms with Crippen molar-refractivity contribution in [1.29, 1.82) is 0 Å². The van der Waals surface area contributed by atoms with E-state index in [1.54, 1.807) is 10.9 Å². The molecule has 2 aromatic heterocycles. The van der Waals surface area contributed by atoms with Crippen LogP contribution in [0.5, 0.6) is 0 Å². The van der Waals surface area contributed by atoms with Crippen molar-refractivity contribution in [2.24, 2.45) is 0 Å². The molecule has 1 saturated heterocycles. The summed E-state index contributed by atoms with van der Waals surface area (Å²) in [5.41, 5.74) is 11.6. The Kier molecular flexibility index (Phi) is 6.98. The Hall–Kier alpha value is -4.05. The molecule has 0 radical (unpaired) electrons. The summed E-state index contributed by atoms with van der Waals surface area (Å²) < 4.78 is 41.0. The maximum Gasteiger partial charge on any atom is 0.314 e. The summed E-state index contributed by atoms with van der Waals surface area (Å²) in [6.45, 7) is 2.87. The number of nitrogens with two attached hydrogens (primary N) is 1. The van der Waals surface area contributed by atoms with Gasteiger partial charge in [0.25, 0.3) is 0 Å². The molecule has 1 amide bonds. The molecule has 0 spiro atoms. The van der Waals surface area contributed by atoms with Gasteiger partial charge in [-0.05, 0) is 18.1 Å². The Bertz CT molecular complexity index is 1250. The number of aromatic nitrogens is 4. The number of rotatable bonds is 6. The molecular formula is C21H22F3N9O. The van der Waals surface area contributed by atoms with E-state index in [4.69, 9.17) is 5.73 Å². The average Bonchev–Trinajstić information content (AvgIpc) is 3.23. The van der Waals surface area contributed by atoms with Crippen molar-refractivity contribution >= 4 is 34.4 Å². The predicted molar refractivity (Wildman–Crippen MR) is 120 cm³/mol. The van der Waals surface area contributed by atoms with Crippen LogP contribution >= 0.6 is 0 Å². The number of hydrogen-bond acceptors (Lipinski definition) is 8. The van der Waals surface area contributed by atoms with Crippen molar-refractivity contribution in [2.45, 2.75) is 6.54 Å². The summed E-state index contributed by atoms with van der Waals surface area (Å²) in [5, 5.41) is 4.88. The quantitative estimate of drug-likeness (QED) is 0.358. The molecule has 0 bridgehead atoms. The number of carbonyl (C=O) groups excluding carboxylic acids is 1. The Morgan fingerprint density at radius 1 is 1.15 bits per heavy atom. The maximum atomic E-state index is 14.1. The molecule has 1 aromatic carbocycles. The van der Waals surface area contributed by atoms with Crippen LogP contribution in [0.25, 0.3) is 11.0 Å². The Labute approximate surface area is 192 Å². The number of nitrogens with zero attached hydrogens (tertiary/aromatic N) is 6. The van der Waals surface area contributed by atoms with Crippen molar-refractivity contribution in [3.8, 4) is 11.8 Å². The zero-order chi connectivity index (χ0) is 24.1. The van der Waals surface area contributed by atoms with Gasteiger partial charge in [0.1, 0.15) is 11.6 Å². The van der Waals surface area contributed by atoms with E-state index >= 15 is 0 Å². The van der Waals surface area contributed by atoms with Crippen LogP contribution < -0.4 is 21.5 Å². The van der Waals surface area contributed by atoms with Gasteiger partial charge in [-0.25, -0.2) is 17.9 Å². The van der Waals surface area contributed by atoms with Gasteiger partial charge in [-0.3, -0.25) is 20.5 Å². The standard InChI is InChI=1S/C21H22F3N9O/c22-5-1-2-18(34)29-30-19-15-13-26-33(20(15)28-21(25)27-19)11-8-31-6-9-32(10-7-31)17-4-3-14(23)12-16(17)24/h3-4,12-13H,5-11H2,(H,29,34)(H3,25,27,28,30). The van der Waals surface area contributed by atoms with Crippen LogP contribution in [0.3, 0.4) is 0 Å². The van der Waals surface area contributed by atoms with Gasteiger partial charge in [-0.15, -0.1) is 0 Å². The number of carbonyl (C=O) groups is 1. The monoisotopic (exact) mass is 473 g/mol. The van der Waals surface area contributed by atoms with Crippen molar-refractivity contribution < 1.29 is 18.0 Å². The number of halogens is 3. The normalized spacial score (nSPS) is 14.0. The Balaban J connectivity index is 1.37. The maximum absolute atomic E-state index is 14.1. The second-order valence-electron chi connectivity index (χ2n) is 7.47. The molecule has 1 aliphatic rings. The minimum Gasteiger partial charge on any atom is -0.368 e. The molecule has 13 heteroatoms. The summed E-state index contributed by atoms with van der Waals surface area (Å²) in [6.07, 6.45) is 1.55. The zero-order valence-electron chi connectivity index (χ0n) is 18.1. The SMILES string of the molecule is Nc1nc(NNC(=O)C#CCF)c2cnn(CCN3CCN(c4ccc(F)cc4F)CC3)c2n1. The molecule has 0 atom stereocenters. The lowest BCUT2D eigenvalue weighted by Gasteiger charge is -2.36. The van der Waals surface area contributed by atoms with Gasteiger partial charge in [0.15, 0.2) is 18.1 Å². The second-order valence-corrected chi connectivity index (χ2v) is 7.47. The highest BCUT2D eigenvalue weighted by Crippen LogP contribution is 2.22. The van der Waals surface area contributed by atoms with Crippen LogP contribution in [-0.2, 0) is 11.3 Å². The number of fused-ring (bicyclic) bond motifs is 1. The number of hydrazine groups is 1. The van der Waals surface area contributed by atoms with E-state index in [0.29, 0.717) is 56.0 Å². The summed E-state index contributed by atoms with van der Waals surface area (Å²) in [7, 11) is 0. The summed E-state index contributed by atoms with van der Waals surface area (Å²) in [4.78, 5) is 24.0. The number of anilines is 3. The predicted octanol–water partition coefficient (Wildman–Crippen LogP) is 0.925. The van der Waals surface area contributed by atoms with Crippen molar-refractivity contribution in [3.05, 3.63) is 36.0 Å². The van der Waals surface area contributed by atoms with E-state index in [0.717, 1.165) is 6.07 Å². The molecule has 0 unspecified atom stereocenters. The van der Waals surface area contributed by atoms with Crippen molar-refractivity contribution in [3.63, 3.8) is 0 Å². The van der Waals surface area contributed by atoms with Crippen molar-refractivity contribution in [1.82, 2.24) is 30.1 Å². The molecule has 4 N–H and O–H groups in total. The highest BCUT2D eigenvalue weighted by Gasteiger charge is 2.20. The first kappa shape index (κ1) is 23.1. The fourth-order valence-corrected chi connectivity index (χ4v) is 3.68. The van der Waals surface area contributed by atoms with Crippen LogP contribution in [0.15, 0.2) is 24.4 Å². The molecular weight excluding hydrogens is 451 g/mol. The van der Waals surface area contributed by atoms with Gasteiger partial charge in [-0.2, -0.15) is 15.1 Å². The van der Waals surface area contributed by atoms with E-state index in [-0.39, 0.29) is 11.8 Å². The topological polar surface area (TPSA) is 117 Å². The van der Waals surface area contributed by atoms with Gasteiger partial charge in [0.2, 0.25) is 5.95 Å². The van der Waals surface area contributed by atoms with E-state index < -0.39 is 24.2 Å². The summed E-state index contributed by atoms with van der Waals surface area (Å²) >= 11 is 0. The molecule has 178 valence electrons. The molecule has 10 nitrogen and oxygen atoms in total. The van der Waals surface area contributed by atoms with E-state index in [9.17, 15) is 18.0 Å². The Morgan fingerprint density at radius 2 is 1.94 bits per heavy atom. The van der Waals surface area contributed by atoms with Gasteiger partial charge in [0.05, 0.1) is 23.8 Å². The molecule has 1 fully saturated rings. The lowest BCUT2D eigenvalue weighted by atomic mass is 10.2. The van der Waals surface area contributed by atoms with Gasteiger partial charge < -0.3 is 10.6 Å². The summed E-state index contributed by atoms with van der Waals surface area (Å²) in [5.74, 6) is 2.41. The largest absolute Gasteiger partial charge is 0.368 e. The highest BCUT2D eigenvalue weighted by atomic mass is 19.1. The Morgan fingerprint density at radius 3 is 2.68 bits per heavy atom. The molecule has 1 aliphatic heterocycles. The average molecular weight is 473 g/mol. The van der Waals surface area contributed by atoms with Crippen LogP contribution in [0, 0.1) is 23.5 Å². The number of nitrogens with one attached hydrogen (secondary N) is 2. The fraction of sp³-hybridized carbons (Fsp3) is 0.333. The molecule has 3 aromatic rings. The first-order chi connectivity index (χ1) is 16.4. The summed E-state index contributed by atoms with van der Waals surface area (Å²) in [6, 6.07) is 3.61. The molecule has 3 heterocycles. The lowest BCUT2D eigenvalue weighted by Crippen LogP contribution is -2.47. The number of benzene rings is 1. The minimum atomic E-state index is -0.928.